The number of carbonyl (C=O) groups is 1. The first-order valence-corrected chi connectivity index (χ1v) is 4.25. The number of aromatic nitrogens is 2. The van der Waals surface area contributed by atoms with E-state index in [4.69, 9.17) is 11.5 Å². The summed E-state index contributed by atoms with van der Waals surface area (Å²) in [5.74, 6) is 0.397. The van der Waals surface area contributed by atoms with Crippen molar-refractivity contribution in [2.24, 2.45) is 5.73 Å². The molecule has 6 heteroatoms. The summed E-state index contributed by atoms with van der Waals surface area (Å²) in [6.07, 6.45) is 1.54. The van der Waals surface area contributed by atoms with Gasteiger partial charge in [0.15, 0.2) is 0 Å². The van der Waals surface area contributed by atoms with E-state index in [1.165, 1.54) is 0 Å². The molecular formula is C8H13N5O. The molecule has 6 nitrogen and oxygen atoms in total. The van der Waals surface area contributed by atoms with Gasteiger partial charge in [-0.3, -0.25) is 4.79 Å². The molecule has 0 saturated heterocycles. The van der Waals surface area contributed by atoms with Crippen LogP contribution in [0.4, 0.5) is 11.8 Å². The molecule has 1 heterocycles. The molecule has 0 aliphatic heterocycles. The quantitative estimate of drug-likeness (QED) is 0.666. The Labute approximate surface area is 81.9 Å². The number of likely N-dealkylation sites (N-methyl/N-ethyl adjacent to an activating group) is 1. The third-order valence-electron chi connectivity index (χ3n) is 1.71. The van der Waals surface area contributed by atoms with Crippen LogP contribution < -0.4 is 16.4 Å². The molecule has 76 valence electrons. The molecule has 0 saturated carbocycles. The van der Waals surface area contributed by atoms with Crippen LogP contribution in [-0.4, -0.2) is 29.0 Å². The van der Waals surface area contributed by atoms with Gasteiger partial charge in [0.2, 0.25) is 11.9 Å². The number of hydrogen-bond donors (Lipinski definition) is 2. The summed E-state index contributed by atoms with van der Waals surface area (Å²) in [4.78, 5) is 20.2. The minimum absolute atomic E-state index is 0.132. The summed E-state index contributed by atoms with van der Waals surface area (Å²) < 4.78 is 0. The molecular weight excluding hydrogens is 182 g/mol. The number of nitrogen functional groups attached to an aromatic ring is 1. The van der Waals surface area contributed by atoms with Gasteiger partial charge in [0.1, 0.15) is 5.82 Å². The van der Waals surface area contributed by atoms with E-state index in [1.54, 1.807) is 17.2 Å². The van der Waals surface area contributed by atoms with E-state index < -0.39 is 5.91 Å². The number of carbonyl (C=O) groups excluding carboxylic acids is 1. The number of primary amides is 1. The molecule has 0 aliphatic rings. The van der Waals surface area contributed by atoms with Crippen LogP contribution in [0.1, 0.15) is 6.92 Å². The zero-order valence-electron chi connectivity index (χ0n) is 7.97. The molecule has 0 aromatic carbocycles. The predicted octanol–water partition coefficient (Wildman–Crippen LogP) is -0.630. The van der Waals surface area contributed by atoms with Crippen LogP contribution in [0.15, 0.2) is 12.3 Å². The monoisotopic (exact) mass is 195 g/mol. The average molecular weight is 195 g/mol. The van der Waals surface area contributed by atoms with Gasteiger partial charge in [0.25, 0.3) is 0 Å². The van der Waals surface area contributed by atoms with Crippen molar-refractivity contribution in [3.05, 3.63) is 12.3 Å². The van der Waals surface area contributed by atoms with Gasteiger partial charge >= 0.3 is 0 Å². The van der Waals surface area contributed by atoms with Crippen molar-refractivity contribution in [1.82, 2.24) is 9.97 Å². The molecule has 0 atom stereocenters. The summed E-state index contributed by atoms with van der Waals surface area (Å²) in [6, 6.07) is 1.68. The standard InChI is InChI=1S/C8H13N5O/c1-2-13(5-6(9)14)7-3-4-11-8(10)12-7/h3-4H,2,5H2,1H3,(H2,9,14)(H2,10,11,12). The highest BCUT2D eigenvalue weighted by atomic mass is 16.1. The van der Waals surface area contributed by atoms with Gasteiger partial charge in [-0.25, -0.2) is 4.98 Å². The van der Waals surface area contributed by atoms with Crippen molar-refractivity contribution >= 4 is 17.7 Å². The molecule has 0 radical (unpaired) electrons. The van der Waals surface area contributed by atoms with Gasteiger partial charge in [-0.2, -0.15) is 4.98 Å². The fraction of sp³-hybridized carbons (Fsp3) is 0.375. The van der Waals surface area contributed by atoms with Crippen molar-refractivity contribution < 1.29 is 4.79 Å². The number of anilines is 2. The summed E-state index contributed by atoms with van der Waals surface area (Å²) in [5, 5.41) is 0. The molecule has 0 unspecified atom stereocenters. The van der Waals surface area contributed by atoms with Gasteiger partial charge in [-0.05, 0) is 13.0 Å². The van der Waals surface area contributed by atoms with E-state index >= 15 is 0 Å². The summed E-state index contributed by atoms with van der Waals surface area (Å²) >= 11 is 0. The predicted molar refractivity (Wildman–Crippen MR) is 53.5 cm³/mol. The van der Waals surface area contributed by atoms with Gasteiger partial charge in [0.05, 0.1) is 6.54 Å². The number of rotatable bonds is 4. The highest BCUT2D eigenvalue weighted by Crippen LogP contribution is 2.09. The largest absolute Gasteiger partial charge is 0.368 e. The SMILES string of the molecule is CCN(CC(N)=O)c1ccnc(N)n1. The zero-order valence-corrected chi connectivity index (χ0v) is 7.97. The molecule has 1 amide bonds. The molecule has 0 fully saturated rings. The second-order valence-electron chi connectivity index (χ2n) is 2.75. The van der Waals surface area contributed by atoms with E-state index in [0.29, 0.717) is 12.4 Å². The maximum Gasteiger partial charge on any atom is 0.236 e. The fourth-order valence-electron chi connectivity index (χ4n) is 1.08. The van der Waals surface area contributed by atoms with Crippen LogP contribution >= 0.6 is 0 Å². The van der Waals surface area contributed by atoms with Crippen LogP contribution in [0.3, 0.4) is 0 Å². The van der Waals surface area contributed by atoms with Gasteiger partial charge < -0.3 is 16.4 Å². The van der Waals surface area contributed by atoms with Gasteiger partial charge in [0, 0.05) is 12.7 Å². The third-order valence-corrected chi connectivity index (χ3v) is 1.71. The Hall–Kier alpha value is -1.85. The number of amides is 1. The molecule has 4 N–H and O–H groups in total. The second kappa shape index (κ2) is 4.40. The molecule has 1 rings (SSSR count). The summed E-state index contributed by atoms with van der Waals surface area (Å²) in [5.41, 5.74) is 10.5. The first-order valence-electron chi connectivity index (χ1n) is 4.25. The van der Waals surface area contributed by atoms with Gasteiger partial charge in [-0.1, -0.05) is 0 Å². The van der Waals surface area contributed by atoms with Crippen molar-refractivity contribution in [2.75, 3.05) is 23.7 Å². The van der Waals surface area contributed by atoms with E-state index in [9.17, 15) is 4.79 Å². The van der Waals surface area contributed by atoms with Crippen LogP contribution in [0, 0.1) is 0 Å². The Bertz CT molecular complexity index is 327. The number of hydrogen-bond acceptors (Lipinski definition) is 5. The van der Waals surface area contributed by atoms with E-state index in [0.717, 1.165) is 0 Å². The highest BCUT2D eigenvalue weighted by molar-refractivity contribution is 5.79. The molecule has 0 aliphatic carbocycles. The Morgan fingerprint density at radius 1 is 1.64 bits per heavy atom. The lowest BCUT2D eigenvalue weighted by molar-refractivity contribution is -0.116. The van der Waals surface area contributed by atoms with Crippen LogP contribution in [0.2, 0.25) is 0 Å². The first kappa shape index (κ1) is 10.2. The molecule has 1 aromatic rings. The third kappa shape index (κ3) is 2.58. The normalized spacial score (nSPS) is 9.79. The Kier molecular flexibility index (Phi) is 3.22. The maximum atomic E-state index is 10.7. The van der Waals surface area contributed by atoms with Crippen LogP contribution in [0.25, 0.3) is 0 Å². The topological polar surface area (TPSA) is 98.1 Å². The van der Waals surface area contributed by atoms with Crippen LogP contribution in [0.5, 0.6) is 0 Å². The molecule has 0 spiro atoms. The van der Waals surface area contributed by atoms with Crippen LogP contribution in [-0.2, 0) is 4.79 Å². The van der Waals surface area contributed by atoms with E-state index in [1.807, 2.05) is 6.92 Å². The van der Waals surface area contributed by atoms with Crippen molar-refractivity contribution in [2.45, 2.75) is 6.92 Å². The van der Waals surface area contributed by atoms with E-state index in [-0.39, 0.29) is 12.5 Å². The minimum atomic E-state index is -0.399. The first-order chi connectivity index (χ1) is 6.63. The fourth-order valence-corrected chi connectivity index (χ4v) is 1.08. The summed E-state index contributed by atoms with van der Waals surface area (Å²) in [7, 11) is 0. The smallest absolute Gasteiger partial charge is 0.236 e. The van der Waals surface area contributed by atoms with E-state index in [2.05, 4.69) is 9.97 Å². The van der Waals surface area contributed by atoms with Crippen molar-refractivity contribution in [3.8, 4) is 0 Å². The Morgan fingerprint density at radius 3 is 2.86 bits per heavy atom. The highest BCUT2D eigenvalue weighted by Gasteiger charge is 2.08. The molecule has 0 bridgehead atoms. The van der Waals surface area contributed by atoms with Gasteiger partial charge in [-0.15, -0.1) is 0 Å². The average Bonchev–Trinajstić information content (AvgIpc) is 2.14. The summed E-state index contributed by atoms with van der Waals surface area (Å²) in [6.45, 7) is 2.67. The number of nitrogens with zero attached hydrogens (tertiary/aromatic N) is 3. The lowest BCUT2D eigenvalue weighted by Crippen LogP contribution is -2.34. The van der Waals surface area contributed by atoms with Crippen molar-refractivity contribution in [1.29, 1.82) is 0 Å². The molecule has 1 aromatic heterocycles. The Balaban J connectivity index is 2.83. The second-order valence-corrected chi connectivity index (χ2v) is 2.75. The van der Waals surface area contributed by atoms with Crippen molar-refractivity contribution in [3.63, 3.8) is 0 Å². The minimum Gasteiger partial charge on any atom is -0.368 e. The zero-order chi connectivity index (χ0) is 10.6. The number of nitrogens with two attached hydrogens (primary N) is 2. The lowest BCUT2D eigenvalue weighted by Gasteiger charge is -2.19. The molecule has 14 heavy (non-hydrogen) atoms. The lowest BCUT2D eigenvalue weighted by atomic mass is 10.4. The maximum absolute atomic E-state index is 10.7. The Morgan fingerprint density at radius 2 is 2.36 bits per heavy atom.